The number of carbonyl (C=O) groups is 1. The van der Waals surface area contributed by atoms with E-state index in [-0.39, 0.29) is 11.9 Å². The first kappa shape index (κ1) is 22.2. The predicted octanol–water partition coefficient (Wildman–Crippen LogP) is 4.01. The molecule has 2 saturated heterocycles. The number of amides is 1. The van der Waals surface area contributed by atoms with Gasteiger partial charge in [-0.2, -0.15) is 0 Å². The average Bonchev–Trinajstić information content (AvgIpc) is 3.51. The zero-order valence-electron chi connectivity index (χ0n) is 19.2. The molecule has 0 aliphatic carbocycles. The third-order valence-corrected chi connectivity index (χ3v) is 7.88. The molecule has 2 aliphatic rings. The van der Waals surface area contributed by atoms with Gasteiger partial charge < -0.3 is 14.4 Å². The maximum Gasteiger partial charge on any atom is 0.273 e. The Morgan fingerprint density at radius 1 is 1.23 bits per heavy atom. The first-order valence-electron chi connectivity index (χ1n) is 11.2. The number of aromatic nitrogens is 1. The van der Waals surface area contributed by atoms with Gasteiger partial charge in [0.2, 0.25) is 0 Å². The van der Waals surface area contributed by atoms with Gasteiger partial charge in [-0.3, -0.25) is 9.69 Å². The smallest absolute Gasteiger partial charge is 0.273 e. The third kappa shape index (κ3) is 4.23. The number of thiazole rings is 1. The van der Waals surface area contributed by atoms with Crippen molar-refractivity contribution in [3.8, 4) is 5.75 Å². The Hall–Kier alpha value is -1.96. The molecule has 1 amide bonds. The van der Waals surface area contributed by atoms with Crippen molar-refractivity contribution in [2.75, 3.05) is 33.4 Å². The topological polar surface area (TPSA) is 54.9 Å². The molecule has 168 valence electrons. The number of rotatable bonds is 8. The molecule has 3 atom stereocenters. The van der Waals surface area contributed by atoms with Crippen LogP contribution in [0.4, 0.5) is 0 Å². The number of hydrogen-bond donors (Lipinski definition) is 0. The summed E-state index contributed by atoms with van der Waals surface area (Å²) < 4.78 is 11.0. The largest absolute Gasteiger partial charge is 0.491 e. The molecule has 31 heavy (non-hydrogen) atoms. The van der Waals surface area contributed by atoms with E-state index in [4.69, 9.17) is 9.47 Å². The van der Waals surface area contributed by atoms with Crippen LogP contribution in [0.25, 0.3) is 0 Å². The van der Waals surface area contributed by atoms with Crippen molar-refractivity contribution in [3.05, 3.63) is 44.9 Å². The zero-order chi connectivity index (χ0) is 22.1. The molecule has 3 heterocycles. The van der Waals surface area contributed by atoms with E-state index in [2.05, 4.69) is 49.7 Å². The summed E-state index contributed by atoms with van der Waals surface area (Å²) in [7, 11) is 1.68. The fraction of sp³-hybridized carbons (Fsp3) is 0.583. The Morgan fingerprint density at radius 3 is 2.68 bits per heavy atom. The molecule has 0 unspecified atom stereocenters. The quantitative estimate of drug-likeness (QED) is 0.577. The number of aryl methyl sites for hydroxylation is 1. The standard InChI is InChI=1S/C24H33N3O3S/c1-6-23-25-21(14-31-23)24(28)27-13-18-11-19(27)12-26(18)17(4)20-7-8-22(16(3)15(20)2)30-10-9-29-5/h7-8,14,17-19H,6,9-13H2,1-5H3/t17-,18-,19-/m0/s1. The second-order valence-corrected chi connectivity index (χ2v) is 9.54. The van der Waals surface area contributed by atoms with Gasteiger partial charge >= 0.3 is 0 Å². The van der Waals surface area contributed by atoms with Crippen LogP contribution in [0.2, 0.25) is 0 Å². The maximum absolute atomic E-state index is 13.0. The summed E-state index contributed by atoms with van der Waals surface area (Å²) >= 11 is 1.58. The second-order valence-electron chi connectivity index (χ2n) is 8.60. The summed E-state index contributed by atoms with van der Waals surface area (Å²) in [4.78, 5) is 22.1. The SMILES string of the molecule is CCc1nc(C(=O)N2C[C@@H]3C[C@H]2CN3[C@@H](C)c2ccc(OCCOC)c(C)c2C)cs1. The van der Waals surface area contributed by atoms with E-state index in [1.807, 2.05) is 10.3 Å². The fourth-order valence-corrected chi connectivity index (χ4v) is 5.70. The molecule has 0 radical (unpaired) electrons. The summed E-state index contributed by atoms with van der Waals surface area (Å²) in [5, 5.41) is 2.94. The summed E-state index contributed by atoms with van der Waals surface area (Å²) in [5.74, 6) is 1.03. The van der Waals surface area contributed by atoms with Gasteiger partial charge in [0.15, 0.2) is 0 Å². The summed E-state index contributed by atoms with van der Waals surface area (Å²) in [6, 6.07) is 5.29. The number of likely N-dealkylation sites (tertiary alicyclic amines) is 2. The molecular formula is C24H33N3O3S. The van der Waals surface area contributed by atoms with E-state index in [1.54, 1.807) is 18.4 Å². The minimum atomic E-state index is 0.0975. The number of benzene rings is 1. The van der Waals surface area contributed by atoms with Gasteiger partial charge in [0.25, 0.3) is 5.91 Å². The van der Waals surface area contributed by atoms with Crippen LogP contribution in [-0.4, -0.2) is 66.2 Å². The summed E-state index contributed by atoms with van der Waals surface area (Å²) in [6.45, 7) is 11.5. The number of fused-ring (bicyclic) bond motifs is 2. The molecule has 0 N–H and O–H groups in total. The molecule has 4 rings (SSSR count). The van der Waals surface area contributed by atoms with Crippen LogP contribution in [0.5, 0.6) is 5.75 Å². The first-order valence-corrected chi connectivity index (χ1v) is 12.1. The predicted molar refractivity (Wildman–Crippen MR) is 123 cm³/mol. The molecule has 2 bridgehead atoms. The second kappa shape index (κ2) is 9.27. The molecule has 0 saturated carbocycles. The molecule has 2 fully saturated rings. The van der Waals surface area contributed by atoms with Gasteiger partial charge in [-0.1, -0.05) is 13.0 Å². The van der Waals surface area contributed by atoms with Gasteiger partial charge in [0.05, 0.1) is 11.6 Å². The Labute approximate surface area is 189 Å². The molecule has 1 aromatic carbocycles. The lowest BCUT2D eigenvalue weighted by atomic mass is 9.96. The van der Waals surface area contributed by atoms with Crippen LogP contribution in [0.3, 0.4) is 0 Å². The van der Waals surface area contributed by atoms with Gasteiger partial charge in [0.1, 0.15) is 18.1 Å². The highest BCUT2D eigenvalue weighted by Crippen LogP contribution is 2.39. The van der Waals surface area contributed by atoms with Crippen molar-refractivity contribution < 1.29 is 14.3 Å². The monoisotopic (exact) mass is 443 g/mol. The van der Waals surface area contributed by atoms with Crippen molar-refractivity contribution in [2.24, 2.45) is 0 Å². The Bertz CT molecular complexity index is 944. The normalized spacial score (nSPS) is 21.6. The molecule has 6 nitrogen and oxygen atoms in total. The minimum Gasteiger partial charge on any atom is -0.491 e. The fourth-order valence-electron chi connectivity index (χ4n) is 4.98. The number of carbonyl (C=O) groups excluding carboxylic acids is 1. The highest BCUT2D eigenvalue weighted by atomic mass is 32.1. The van der Waals surface area contributed by atoms with E-state index in [0.29, 0.717) is 31.0 Å². The van der Waals surface area contributed by atoms with Crippen LogP contribution in [0, 0.1) is 13.8 Å². The van der Waals surface area contributed by atoms with E-state index >= 15 is 0 Å². The number of nitrogens with zero attached hydrogens (tertiary/aromatic N) is 3. The van der Waals surface area contributed by atoms with E-state index in [9.17, 15) is 4.79 Å². The van der Waals surface area contributed by atoms with Crippen LogP contribution in [0.1, 0.15) is 58.5 Å². The van der Waals surface area contributed by atoms with Gasteiger partial charge in [-0.15, -0.1) is 11.3 Å². The van der Waals surface area contributed by atoms with Crippen molar-refractivity contribution in [1.29, 1.82) is 0 Å². The number of methoxy groups -OCH3 is 1. The van der Waals surface area contributed by atoms with Crippen LogP contribution in [-0.2, 0) is 11.2 Å². The average molecular weight is 444 g/mol. The van der Waals surface area contributed by atoms with E-state index in [0.717, 1.165) is 36.7 Å². The van der Waals surface area contributed by atoms with Gasteiger partial charge in [0, 0.05) is 43.7 Å². The van der Waals surface area contributed by atoms with E-state index in [1.165, 1.54) is 16.7 Å². The highest BCUT2D eigenvalue weighted by molar-refractivity contribution is 7.09. The summed E-state index contributed by atoms with van der Waals surface area (Å²) in [5.41, 5.74) is 4.43. The third-order valence-electron chi connectivity index (χ3n) is 6.89. The number of hydrogen-bond acceptors (Lipinski definition) is 6. The van der Waals surface area contributed by atoms with Crippen LogP contribution < -0.4 is 4.74 Å². The van der Waals surface area contributed by atoms with Crippen molar-refractivity contribution >= 4 is 17.2 Å². The zero-order valence-corrected chi connectivity index (χ0v) is 20.0. The Morgan fingerprint density at radius 2 is 2.03 bits per heavy atom. The number of piperazine rings is 1. The van der Waals surface area contributed by atoms with E-state index < -0.39 is 0 Å². The lowest BCUT2D eigenvalue weighted by Gasteiger charge is -2.38. The minimum absolute atomic E-state index is 0.0975. The highest BCUT2D eigenvalue weighted by Gasteiger charge is 2.47. The molecule has 2 aliphatic heterocycles. The van der Waals surface area contributed by atoms with Crippen molar-refractivity contribution in [2.45, 2.75) is 58.7 Å². The Kier molecular flexibility index (Phi) is 6.65. The molecule has 0 spiro atoms. The first-order chi connectivity index (χ1) is 14.9. The summed E-state index contributed by atoms with van der Waals surface area (Å²) in [6.07, 6.45) is 1.93. The van der Waals surface area contributed by atoms with Crippen molar-refractivity contribution in [1.82, 2.24) is 14.8 Å². The molecular weight excluding hydrogens is 410 g/mol. The molecule has 2 aromatic rings. The lowest BCUT2D eigenvalue weighted by molar-refractivity contribution is 0.0564. The van der Waals surface area contributed by atoms with Crippen LogP contribution in [0.15, 0.2) is 17.5 Å². The van der Waals surface area contributed by atoms with Gasteiger partial charge in [-0.05, 0) is 56.4 Å². The van der Waals surface area contributed by atoms with Gasteiger partial charge in [-0.25, -0.2) is 4.98 Å². The maximum atomic E-state index is 13.0. The Balaban J connectivity index is 1.43. The van der Waals surface area contributed by atoms with Crippen LogP contribution >= 0.6 is 11.3 Å². The number of ether oxygens (including phenoxy) is 2. The molecule has 7 heteroatoms. The lowest BCUT2D eigenvalue weighted by Crippen LogP contribution is -2.49. The van der Waals surface area contributed by atoms with Crippen molar-refractivity contribution in [3.63, 3.8) is 0 Å². The molecule has 1 aromatic heterocycles.